The van der Waals surface area contributed by atoms with Crippen LogP contribution >= 0.6 is 0 Å². The van der Waals surface area contributed by atoms with Gasteiger partial charge in [0.1, 0.15) is 6.07 Å². The van der Waals surface area contributed by atoms with E-state index in [-0.39, 0.29) is 0 Å². The molecule has 0 saturated heterocycles. The highest BCUT2D eigenvalue weighted by Crippen LogP contribution is 2.23. The van der Waals surface area contributed by atoms with E-state index in [0.717, 1.165) is 11.1 Å². The van der Waals surface area contributed by atoms with Crippen LogP contribution in [0.25, 0.3) is 17.3 Å². The van der Waals surface area contributed by atoms with Gasteiger partial charge in [0, 0.05) is 24.2 Å². The topological polar surface area (TPSA) is 28.7 Å². The van der Waals surface area contributed by atoms with Crippen LogP contribution in [0.5, 0.6) is 0 Å². The highest BCUT2D eigenvalue weighted by molar-refractivity contribution is 5.70. The van der Waals surface area contributed by atoms with Crippen LogP contribution in [-0.2, 0) is 0 Å². The molecule has 1 aromatic heterocycles. The van der Waals surface area contributed by atoms with Gasteiger partial charge in [-0.15, -0.1) is 0 Å². The summed E-state index contributed by atoms with van der Waals surface area (Å²) in [5.41, 5.74) is 2.66. The quantitative estimate of drug-likeness (QED) is 0.722. The summed E-state index contributed by atoms with van der Waals surface area (Å²) in [6, 6.07) is 12.0. The Morgan fingerprint density at radius 3 is 2.53 bits per heavy atom. The molecule has 0 unspecified atom stereocenters. The van der Waals surface area contributed by atoms with Crippen LogP contribution in [0.15, 0.2) is 49.3 Å². The summed E-state index contributed by atoms with van der Waals surface area (Å²) in [5, 5.41) is 8.99. The summed E-state index contributed by atoms with van der Waals surface area (Å²) in [6.07, 6.45) is 5.35. The number of hydrogen-bond acceptors (Lipinski definition) is 1. The van der Waals surface area contributed by atoms with Crippen molar-refractivity contribution in [3.8, 4) is 17.2 Å². The van der Waals surface area contributed by atoms with Gasteiger partial charge in [-0.3, -0.25) is 0 Å². The third kappa shape index (κ3) is 1.68. The Morgan fingerprint density at radius 1 is 1.20 bits per heavy atom. The fourth-order valence-corrected chi connectivity index (χ4v) is 1.52. The molecule has 0 aliphatic rings. The molecular weight excluding hydrogens is 184 g/mol. The molecule has 2 aromatic rings. The van der Waals surface area contributed by atoms with Gasteiger partial charge in [0.25, 0.3) is 0 Å². The Labute approximate surface area is 88.7 Å². The average Bonchev–Trinajstić information content (AvgIpc) is 2.73. The normalized spacial score (nSPS) is 9.53. The van der Waals surface area contributed by atoms with E-state index in [0.29, 0.717) is 5.56 Å². The fraction of sp³-hybridized carbons (Fsp3) is 0. The molecular formula is C13H10N2. The number of rotatable bonds is 2. The average molecular weight is 194 g/mol. The minimum atomic E-state index is 0.668. The van der Waals surface area contributed by atoms with Gasteiger partial charge in [0.15, 0.2) is 0 Å². The predicted octanol–water partition coefficient (Wildman–Crippen LogP) is 3.13. The molecule has 0 aliphatic heterocycles. The molecule has 0 bridgehead atoms. The van der Waals surface area contributed by atoms with E-state index in [1.54, 1.807) is 17.0 Å². The number of nitrogens with zero attached hydrogens (tertiary/aromatic N) is 2. The standard InChI is InChI=1S/C13H10N2/c1-2-15-9-12(8-14)13(10-15)11-6-4-3-5-7-11/h2-7,9-10H,1H2. The summed E-state index contributed by atoms with van der Waals surface area (Å²) in [4.78, 5) is 0. The van der Waals surface area contributed by atoms with Crippen molar-refractivity contribution in [1.82, 2.24) is 4.57 Å². The Morgan fingerprint density at radius 2 is 1.93 bits per heavy atom. The molecule has 0 fully saturated rings. The van der Waals surface area contributed by atoms with Crippen molar-refractivity contribution < 1.29 is 0 Å². The van der Waals surface area contributed by atoms with E-state index in [4.69, 9.17) is 5.26 Å². The monoisotopic (exact) mass is 194 g/mol. The Kier molecular flexibility index (Phi) is 2.38. The molecule has 0 saturated carbocycles. The predicted molar refractivity (Wildman–Crippen MR) is 61.0 cm³/mol. The van der Waals surface area contributed by atoms with Crippen molar-refractivity contribution in [3.63, 3.8) is 0 Å². The van der Waals surface area contributed by atoms with E-state index in [2.05, 4.69) is 12.6 Å². The largest absolute Gasteiger partial charge is 0.329 e. The van der Waals surface area contributed by atoms with E-state index in [1.165, 1.54) is 0 Å². The Balaban J connectivity index is 2.58. The molecule has 1 aromatic carbocycles. The number of nitriles is 1. The maximum Gasteiger partial charge on any atom is 0.101 e. The highest BCUT2D eigenvalue weighted by Gasteiger charge is 2.06. The van der Waals surface area contributed by atoms with Gasteiger partial charge in [-0.05, 0) is 5.56 Å². The van der Waals surface area contributed by atoms with Crippen LogP contribution < -0.4 is 0 Å². The zero-order chi connectivity index (χ0) is 10.7. The van der Waals surface area contributed by atoms with Crippen molar-refractivity contribution in [2.75, 3.05) is 0 Å². The van der Waals surface area contributed by atoms with Crippen LogP contribution in [0.1, 0.15) is 5.56 Å². The summed E-state index contributed by atoms with van der Waals surface area (Å²) in [5.74, 6) is 0. The van der Waals surface area contributed by atoms with Crippen LogP contribution in [-0.4, -0.2) is 4.57 Å². The first-order valence-electron chi connectivity index (χ1n) is 4.64. The lowest BCUT2D eigenvalue weighted by molar-refractivity contribution is 1.17. The molecule has 0 amide bonds. The second kappa shape index (κ2) is 3.85. The first-order chi connectivity index (χ1) is 7.35. The minimum absolute atomic E-state index is 0.668. The van der Waals surface area contributed by atoms with Gasteiger partial charge in [-0.2, -0.15) is 5.26 Å². The Hall–Kier alpha value is -2.27. The molecule has 2 nitrogen and oxygen atoms in total. The van der Waals surface area contributed by atoms with Crippen molar-refractivity contribution in [2.45, 2.75) is 0 Å². The van der Waals surface area contributed by atoms with E-state index < -0.39 is 0 Å². The maximum absolute atomic E-state index is 8.99. The lowest BCUT2D eigenvalue weighted by atomic mass is 10.1. The van der Waals surface area contributed by atoms with Gasteiger partial charge >= 0.3 is 0 Å². The summed E-state index contributed by atoms with van der Waals surface area (Å²) >= 11 is 0. The molecule has 2 heteroatoms. The molecule has 2 rings (SSSR count). The molecule has 1 heterocycles. The van der Waals surface area contributed by atoms with Crippen LogP contribution in [0.2, 0.25) is 0 Å². The molecule has 0 spiro atoms. The second-order valence-corrected chi connectivity index (χ2v) is 3.19. The number of aromatic nitrogens is 1. The molecule has 0 atom stereocenters. The van der Waals surface area contributed by atoms with Crippen molar-refractivity contribution in [3.05, 3.63) is 54.9 Å². The SMILES string of the molecule is C=Cn1cc(C#N)c(-c2ccccc2)c1. The first kappa shape index (κ1) is 9.29. The maximum atomic E-state index is 8.99. The molecule has 0 radical (unpaired) electrons. The van der Waals surface area contributed by atoms with Gasteiger partial charge in [-0.1, -0.05) is 36.9 Å². The summed E-state index contributed by atoms with van der Waals surface area (Å²) in [6.45, 7) is 3.67. The molecule has 15 heavy (non-hydrogen) atoms. The van der Waals surface area contributed by atoms with Crippen LogP contribution in [0.3, 0.4) is 0 Å². The first-order valence-corrected chi connectivity index (χ1v) is 4.64. The fourth-order valence-electron chi connectivity index (χ4n) is 1.52. The number of hydrogen-bond donors (Lipinski definition) is 0. The van der Waals surface area contributed by atoms with Crippen LogP contribution in [0, 0.1) is 11.3 Å². The van der Waals surface area contributed by atoms with Crippen molar-refractivity contribution in [1.29, 1.82) is 5.26 Å². The minimum Gasteiger partial charge on any atom is -0.329 e. The summed E-state index contributed by atoms with van der Waals surface area (Å²) < 4.78 is 1.79. The number of benzene rings is 1. The molecule has 0 aliphatic carbocycles. The lowest BCUT2D eigenvalue weighted by Crippen LogP contribution is -1.76. The Bertz CT molecular complexity index is 515. The zero-order valence-corrected chi connectivity index (χ0v) is 8.22. The van der Waals surface area contributed by atoms with Gasteiger partial charge in [0.2, 0.25) is 0 Å². The lowest BCUT2D eigenvalue weighted by Gasteiger charge is -1.96. The van der Waals surface area contributed by atoms with E-state index in [9.17, 15) is 0 Å². The van der Waals surface area contributed by atoms with Gasteiger partial charge in [-0.25, -0.2) is 0 Å². The smallest absolute Gasteiger partial charge is 0.101 e. The second-order valence-electron chi connectivity index (χ2n) is 3.19. The zero-order valence-electron chi connectivity index (χ0n) is 8.22. The summed E-state index contributed by atoms with van der Waals surface area (Å²) in [7, 11) is 0. The molecule has 0 N–H and O–H groups in total. The van der Waals surface area contributed by atoms with E-state index in [1.807, 2.05) is 36.5 Å². The molecule has 72 valence electrons. The third-order valence-corrected chi connectivity index (χ3v) is 2.26. The van der Waals surface area contributed by atoms with Gasteiger partial charge in [0.05, 0.1) is 5.56 Å². The highest BCUT2D eigenvalue weighted by atomic mass is 14.9. The van der Waals surface area contributed by atoms with Crippen molar-refractivity contribution in [2.24, 2.45) is 0 Å². The van der Waals surface area contributed by atoms with Gasteiger partial charge < -0.3 is 4.57 Å². The third-order valence-electron chi connectivity index (χ3n) is 2.26. The van der Waals surface area contributed by atoms with Crippen molar-refractivity contribution >= 4 is 6.20 Å². The van der Waals surface area contributed by atoms with E-state index >= 15 is 0 Å². The van der Waals surface area contributed by atoms with Crippen LogP contribution in [0.4, 0.5) is 0 Å².